The predicted octanol–water partition coefficient (Wildman–Crippen LogP) is 2.35. The molecule has 0 saturated carbocycles. The quantitative estimate of drug-likeness (QED) is 0.568. The smallest absolute Gasteiger partial charge is 0.321 e. The van der Waals surface area contributed by atoms with Gasteiger partial charge in [-0.2, -0.15) is 0 Å². The van der Waals surface area contributed by atoms with Gasteiger partial charge in [0, 0.05) is 51.4 Å². The van der Waals surface area contributed by atoms with E-state index in [0.717, 1.165) is 42.4 Å². The molecule has 212 valence electrons. The van der Waals surface area contributed by atoms with Crippen LogP contribution in [0.3, 0.4) is 0 Å². The number of hydrogen-bond acceptors (Lipinski definition) is 4. The fraction of sp³-hybridized carbons (Fsp3) is 0.588. The molecule has 4 bridgehead atoms. The Labute approximate surface area is 238 Å². The first-order chi connectivity index (χ1) is 19.4. The molecule has 0 amide bonds. The third-order valence-electron chi connectivity index (χ3n) is 11.6. The zero-order valence-corrected chi connectivity index (χ0v) is 23.9. The minimum atomic E-state index is -0.917. The number of esters is 2. The van der Waals surface area contributed by atoms with Gasteiger partial charge in [0.15, 0.2) is 0 Å². The van der Waals surface area contributed by atoms with Crippen molar-refractivity contribution >= 4 is 11.9 Å². The molecule has 10 atom stereocenters. The molecule has 1 aliphatic carbocycles. The van der Waals surface area contributed by atoms with Crippen LogP contribution < -0.4 is 9.80 Å². The van der Waals surface area contributed by atoms with Gasteiger partial charge >= 0.3 is 11.9 Å². The summed E-state index contributed by atoms with van der Waals surface area (Å²) in [5.74, 6) is -0.633. The first kappa shape index (κ1) is 26.2. The number of carbonyl (C=O) groups is 2. The average Bonchev–Trinajstić information content (AvgIpc) is 3.28. The van der Waals surface area contributed by atoms with Crippen LogP contribution in [0.2, 0.25) is 0 Å². The van der Waals surface area contributed by atoms with E-state index in [0.29, 0.717) is 37.0 Å². The highest BCUT2D eigenvalue weighted by molar-refractivity contribution is 5.91. The summed E-state index contributed by atoms with van der Waals surface area (Å²) in [6.07, 6.45) is 9.81. The Bertz CT molecular complexity index is 1240. The lowest BCUT2D eigenvalue weighted by Crippen LogP contribution is -3.15. The second-order valence-corrected chi connectivity index (χ2v) is 13.4. The van der Waals surface area contributed by atoms with Crippen molar-refractivity contribution in [2.45, 2.75) is 112 Å². The lowest BCUT2D eigenvalue weighted by molar-refractivity contribution is -0.923. The second-order valence-electron chi connectivity index (χ2n) is 13.4. The van der Waals surface area contributed by atoms with Crippen LogP contribution in [-0.2, 0) is 24.5 Å². The topological polar surface area (TPSA) is 61.5 Å². The van der Waals surface area contributed by atoms with Gasteiger partial charge in [0.1, 0.15) is 17.6 Å². The summed E-state index contributed by atoms with van der Waals surface area (Å²) in [5.41, 5.74) is 1.87. The Balaban J connectivity index is 1.18. The van der Waals surface area contributed by atoms with E-state index in [4.69, 9.17) is 9.47 Å². The number of rotatable bonds is 5. The average molecular weight is 545 g/mol. The molecule has 2 aromatic rings. The van der Waals surface area contributed by atoms with Crippen molar-refractivity contribution in [2.75, 3.05) is 14.1 Å². The number of quaternary nitrogens is 2. The van der Waals surface area contributed by atoms with Gasteiger partial charge in [-0.05, 0) is 29.5 Å². The summed E-state index contributed by atoms with van der Waals surface area (Å²) in [6.45, 7) is 0. The number of hydrogen-bond donors (Lipinski definition) is 2. The summed E-state index contributed by atoms with van der Waals surface area (Å²) in [5, 5.41) is 0. The number of fused-ring (bicyclic) bond motifs is 5. The van der Waals surface area contributed by atoms with Crippen LogP contribution in [0.1, 0.15) is 86.8 Å². The van der Waals surface area contributed by atoms with Gasteiger partial charge in [-0.15, -0.1) is 0 Å². The molecule has 0 radical (unpaired) electrons. The summed E-state index contributed by atoms with van der Waals surface area (Å²) in [4.78, 5) is 31.4. The lowest BCUT2D eigenvalue weighted by atomic mass is 9.63. The van der Waals surface area contributed by atoms with Crippen LogP contribution in [0, 0.1) is 0 Å². The first-order valence-corrected chi connectivity index (χ1v) is 15.7. The number of ether oxygens (including phenoxy) is 2. The number of benzene rings is 2. The molecule has 4 saturated heterocycles. The van der Waals surface area contributed by atoms with Crippen molar-refractivity contribution in [2.24, 2.45) is 0 Å². The van der Waals surface area contributed by atoms with Gasteiger partial charge in [-0.25, -0.2) is 0 Å². The van der Waals surface area contributed by atoms with Crippen LogP contribution in [-0.4, -0.2) is 62.4 Å². The van der Waals surface area contributed by atoms with E-state index in [-0.39, 0.29) is 30.1 Å². The van der Waals surface area contributed by atoms with E-state index in [1.54, 1.807) is 9.80 Å². The van der Waals surface area contributed by atoms with Gasteiger partial charge in [0.05, 0.1) is 44.2 Å². The van der Waals surface area contributed by atoms with Crippen molar-refractivity contribution in [3.8, 4) is 0 Å². The highest BCUT2D eigenvalue weighted by atomic mass is 16.5. The minimum Gasteiger partial charge on any atom is -0.461 e. The van der Waals surface area contributed by atoms with E-state index in [9.17, 15) is 9.59 Å². The van der Waals surface area contributed by atoms with Crippen molar-refractivity contribution in [1.29, 1.82) is 0 Å². The maximum Gasteiger partial charge on any atom is 0.321 e. The standard InChI is InChI=1S/C34H42N2O4/c1-35-23-12-13-24(35)19-27(18-23)39-32(37)30-16-17-34(22-8-4-3-5-9-22,31-11-7-6-10-29(30)31)33(38)40-28-20-25-14-15-26(21-28)36(25)2/h3-11,23-28,30H,12-21H2,1-2H3/p+2/t23-,24+,25-,26+,27?,28?,30-,34-/m0/s1. The predicted molar refractivity (Wildman–Crippen MR) is 151 cm³/mol. The Hall–Kier alpha value is -2.70. The third-order valence-corrected chi connectivity index (χ3v) is 11.6. The third kappa shape index (κ3) is 4.30. The van der Waals surface area contributed by atoms with Gasteiger partial charge in [0.2, 0.25) is 0 Å². The Morgan fingerprint density at radius 1 is 0.700 bits per heavy atom. The largest absolute Gasteiger partial charge is 0.461 e. The molecule has 6 nitrogen and oxygen atoms in total. The van der Waals surface area contributed by atoms with E-state index in [1.807, 2.05) is 42.5 Å². The summed E-state index contributed by atoms with van der Waals surface area (Å²) >= 11 is 0. The summed E-state index contributed by atoms with van der Waals surface area (Å²) in [7, 11) is 4.58. The van der Waals surface area contributed by atoms with Gasteiger partial charge < -0.3 is 19.3 Å². The molecule has 40 heavy (non-hydrogen) atoms. The molecule has 5 aliphatic rings. The van der Waals surface area contributed by atoms with Crippen LogP contribution in [0.5, 0.6) is 0 Å². The highest BCUT2D eigenvalue weighted by Crippen LogP contribution is 2.49. The molecule has 0 spiro atoms. The zero-order chi connectivity index (χ0) is 27.4. The molecule has 4 heterocycles. The van der Waals surface area contributed by atoms with E-state index in [2.05, 4.69) is 26.2 Å². The van der Waals surface area contributed by atoms with Crippen molar-refractivity contribution in [3.05, 3.63) is 71.3 Å². The zero-order valence-electron chi connectivity index (χ0n) is 23.9. The van der Waals surface area contributed by atoms with Crippen molar-refractivity contribution in [1.82, 2.24) is 0 Å². The SMILES string of the molecule is C[NH+]1[C@@H]2CC[C@H]1CC(OC(=O)[C@H]1CC[C@](C(=O)OC3C[C@H]4CC[C@@H](C3)[NH+]4C)(c3ccccc3)c3ccccc31)C2. The second kappa shape index (κ2) is 10.3. The first-order valence-electron chi connectivity index (χ1n) is 15.7. The Morgan fingerprint density at radius 3 is 1.82 bits per heavy atom. The maximum absolute atomic E-state index is 14.4. The fourth-order valence-corrected chi connectivity index (χ4v) is 9.19. The normalized spacial score (nSPS) is 39.8. The number of piperidine rings is 2. The monoisotopic (exact) mass is 544 g/mol. The van der Waals surface area contributed by atoms with Crippen molar-refractivity contribution < 1.29 is 28.9 Å². The molecule has 6 heteroatoms. The number of nitrogens with one attached hydrogen (secondary N) is 2. The van der Waals surface area contributed by atoms with E-state index >= 15 is 0 Å². The highest BCUT2D eigenvalue weighted by Gasteiger charge is 2.52. The Kier molecular flexibility index (Phi) is 6.74. The molecular weight excluding hydrogens is 500 g/mol. The molecule has 0 aromatic heterocycles. The molecule has 2 N–H and O–H groups in total. The Morgan fingerprint density at radius 2 is 1.23 bits per heavy atom. The van der Waals surface area contributed by atoms with E-state index in [1.165, 1.54) is 25.7 Å². The van der Waals surface area contributed by atoms with Gasteiger partial charge in [-0.1, -0.05) is 54.6 Å². The van der Waals surface area contributed by atoms with Crippen LogP contribution in [0.4, 0.5) is 0 Å². The minimum absolute atomic E-state index is 0.00793. The molecule has 4 aliphatic heterocycles. The summed E-state index contributed by atoms with van der Waals surface area (Å²) < 4.78 is 12.7. The molecule has 7 rings (SSSR count). The molecule has 4 fully saturated rings. The van der Waals surface area contributed by atoms with Crippen molar-refractivity contribution in [3.63, 3.8) is 0 Å². The summed E-state index contributed by atoms with van der Waals surface area (Å²) in [6, 6.07) is 20.5. The van der Waals surface area contributed by atoms with Crippen LogP contribution >= 0.6 is 0 Å². The van der Waals surface area contributed by atoms with Gasteiger partial charge in [-0.3, -0.25) is 9.59 Å². The maximum atomic E-state index is 14.4. The van der Waals surface area contributed by atoms with Gasteiger partial charge in [0.25, 0.3) is 0 Å². The van der Waals surface area contributed by atoms with E-state index < -0.39 is 5.41 Å². The fourth-order valence-electron chi connectivity index (χ4n) is 9.19. The molecule has 2 aromatic carbocycles. The lowest BCUT2D eigenvalue weighted by Gasteiger charge is -2.42. The van der Waals surface area contributed by atoms with Crippen LogP contribution in [0.25, 0.3) is 0 Å². The molecular formula is C34H44N2O4+2. The van der Waals surface area contributed by atoms with Crippen LogP contribution in [0.15, 0.2) is 54.6 Å². The number of carbonyl (C=O) groups excluding carboxylic acids is 2. The molecule has 4 unspecified atom stereocenters.